The van der Waals surface area contributed by atoms with Gasteiger partial charge in [-0.1, -0.05) is 0 Å². The molecule has 0 atom stereocenters. The van der Waals surface area contributed by atoms with E-state index in [9.17, 15) is 22.0 Å². The predicted octanol–water partition coefficient (Wildman–Crippen LogP) is 1.29. The SMILES string of the molecule is O=[C]C(F)(F)C(F)(F)F. The lowest BCUT2D eigenvalue weighted by molar-refractivity contribution is -0.249. The molecule has 0 saturated carbocycles. The molecule has 0 amide bonds. The van der Waals surface area contributed by atoms with Gasteiger partial charge < -0.3 is 0 Å². The molecule has 0 rings (SSSR count). The molecule has 0 N–H and O–H groups in total. The molecule has 53 valence electrons. The molecule has 0 unspecified atom stereocenters. The minimum atomic E-state index is -5.81. The number of carbonyl (C=O) groups excluding carboxylic acids is 1. The Balaban J connectivity index is 4.32. The van der Waals surface area contributed by atoms with Gasteiger partial charge in [0.2, 0.25) is 0 Å². The molecule has 0 saturated heterocycles. The quantitative estimate of drug-likeness (QED) is 0.510. The van der Waals surface area contributed by atoms with E-state index in [0.717, 1.165) is 0 Å². The molecule has 1 radical (unpaired) electrons. The van der Waals surface area contributed by atoms with E-state index in [0.29, 0.717) is 0 Å². The van der Waals surface area contributed by atoms with Crippen molar-refractivity contribution in [1.29, 1.82) is 0 Å². The Labute approximate surface area is 46.5 Å². The molecule has 0 bridgehead atoms. The van der Waals surface area contributed by atoms with Gasteiger partial charge in [-0.3, -0.25) is 4.79 Å². The smallest absolute Gasteiger partial charge is 0.283 e. The first-order valence-electron chi connectivity index (χ1n) is 1.65. The standard InChI is InChI=1S/C3F5O/c4-2(5,1-9)3(6,7)8. The lowest BCUT2D eigenvalue weighted by atomic mass is 10.4. The summed E-state index contributed by atoms with van der Waals surface area (Å²) >= 11 is 0. The third-order valence-corrected chi connectivity index (χ3v) is 0.484. The minimum absolute atomic E-state index is 0.427. The maximum Gasteiger partial charge on any atom is 0.461 e. The summed E-state index contributed by atoms with van der Waals surface area (Å²) < 4.78 is 54.7. The van der Waals surface area contributed by atoms with Gasteiger partial charge in [0.1, 0.15) is 0 Å². The molecule has 0 spiro atoms. The molecule has 0 heterocycles. The van der Waals surface area contributed by atoms with Gasteiger partial charge in [-0.15, -0.1) is 0 Å². The lowest BCUT2D eigenvalue weighted by Crippen LogP contribution is -2.37. The van der Waals surface area contributed by atoms with Crippen LogP contribution in [-0.4, -0.2) is 18.4 Å². The summed E-state index contributed by atoms with van der Waals surface area (Å²) in [5, 5.41) is 0. The number of alkyl halides is 5. The van der Waals surface area contributed by atoms with Crippen molar-refractivity contribution in [2.45, 2.75) is 12.1 Å². The number of hydrogen-bond acceptors (Lipinski definition) is 1. The zero-order chi connectivity index (χ0) is 7.71. The van der Waals surface area contributed by atoms with Crippen LogP contribution in [0.1, 0.15) is 0 Å². The van der Waals surface area contributed by atoms with E-state index >= 15 is 0 Å². The van der Waals surface area contributed by atoms with Gasteiger partial charge in [-0.25, -0.2) is 0 Å². The van der Waals surface area contributed by atoms with E-state index in [1.807, 2.05) is 0 Å². The van der Waals surface area contributed by atoms with E-state index < -0.39 is 18.4 Å². The van der Waals surface area contributed by atoms with Crippen molar-refractivity contribution in [3.63, 3.8) is 0 Å². The highest BCUT2D eigenvalue weighted by molar-refractivity contribution is 5.61. The molecule has 0 fully saturated rings. The third kappa shape index (κ3) is 1.62. The topological polar surface area (TPSA) is 17.1 Å². The van der Waals surface area contributed by atoms with Crippen LogP contribution < -0.4 is 0 Å². The highest BCUT2D eigenvalue weighted by atomic mass is 19.4. The second-order valence-electron chi connectivity index (χ2n) is 1.17. The first kappa shape index (κ1) is 8.32. The van der Waals surface area contributed by atoms with Crippen molar-refractivity contribution in [3.8, 4) is 0 Å². The van der Waals surface area contributed by atoms with Gasteiger partial charge in [0, 0.05) is 0 Å². The summed E-state index contributed by atoms with van der Waals surface area (Å²) in [4.78, 5) is 8.88. The molecule has 0 aliphatic carbocycles. The zero-order valence-corrected chi connectivity index (χ0v) is 3.80. The Kier molecular flexibility index (Phi) is 1.78. The van der Waals surface area contributed by atoms with Crippen LogP contribution in [-0.2, 0) is 4.79 Å². The largest absolute Gasteiger partial charge is 0.461 e. The highest BCUT2D eigenvalue weighted by Crippen LogP contribution is 2.32. The zero-order valence-electron chi connectivity index (χ0n) is 3.80. The van der Waals surface area contributed by atoms with Crippen LogP contribution >= 0.6 is 0 Å². The van der Waals surface area contributed by atoms with Crippen molar-refractivity contribution in [1.82, 2.24) is 0 Å². The summed E-state index contributed by atoms with van der Waals surface area (Å²) in [7, 11) is 0. The molecule has 0 aromatic heterocycles. The highest BCUT2D eigenvalue weighted by Gasteiger charge is 2.58. The van der Waals surface area contributed by atoms with Crippen LogP contribution in [0, 0.1) is 0 Å². The summed E-state index contributed by atoms with van der Waals surface area (Å²) in [5.74, 6) is -5.33. The van der Waals surface area contributed by atoms with Gasteiger partial charge in [0.25, 0.3) is 6.29 Å². The fourth-order valence-corrected chi connectivity index (χ4v) is 0.0579. The molecule has 0 aliphatic heterocycles. The number of rotatable bonds is 1. The fraction of sp³-hybridized carbons (Fsp3) is 0.667. The fourth-order valence-electron chi connectivity index (χ4n) is 0.0579. The minimum Gasteiger partial charge on any atom is -0.283 e. The van der Waals surface area contributed by atoms with Crippen molar-refractivity contribution in [2.24, 2.45) is 0 Å². The van der Waals surface area contributed by atoms with Gasteiger partial charge in [-0.05, 0) is 0 Å². The third-order valence-electron chi connectivity index (χ3n) is 0.484. The van der Waals surface area contributed by atoms with Crippen LogP contribution in [0.25, 0.3) is 0 Å². The Morgan fingerprint density at radius 2 is 1.33 bits per heavy atom. The normalized spacial score (nSPS) is 13.4. The summed E-state index contributed by atoms with van der Waals surface area (Å²) in [6.45, 7) is 0. The Bertz CT molecular complexity index is 114. The maximum absolute atomic E-state index is 11.1. The van der Waals surface area contributed by atoms with E-state index in [2.05, 4.69) is 0 Å². The van der Waals surface area contributed by atoms with E-state index in [1.165, 1.54) is 0 Å². The van der Waals surface area contributed by atoms with Crippen molar-refractivity contribution < 1.29 is 26.7 Å². The second kappa shape index (κ2) is 1.93. The first-order chi connectivity index (χ1) is 3.81. The summed E-state index contributed by atoms with van der Waals surface area (Å²) in [6.07, 6.45) is -6.24. The van der Waals surface area contributed by atoms with Crippen molar-refractivity contribution >= 4 is 6.29 Å². The van der Waals surface area contributed by atoms with Crippen LogP contribution in [0.3, 0.4) is 0 Å². The average molecular weight is 147 g/mol. The molecule has 0 aliphatic rings. The van der Waals surface area contributed by atoms with Crippen molar-refractivity contribution in [2.75, 3.05) is 0 Å². The van der Waals surface area contributed by atoms with Gasteiger partial charge in [0.15, 0.2) is 0 Å². The molecule has 1 nitrogen and oxygen atoms in total. The van der Waals surface area contributed by atoms with Crippen LogP contribution in [0.15, 0.2) is 0 Å². The second-order valence-corrected chi connectivity index (χ2v) is 1.17. The van der Waals surface area contributed by atoms with Crippen LogP contribution in [0.5, 0.6) is 0 Å². The lowest BCUT2D eigenvalue weighted by Gasteiger charge is -2.10. The number of halogens is 5. The molecular weight excluding hydrogens is 147 g/mol. The monoisotopic (exact) mass is 147 g/mol. The van der Waals surface area contributed by atoms with Gasteiger partial charge >= 0.3 is 12.1 Å². The van der Waals surface area contributed by atoms with Gasteiger partial charge in [0.05, 0.1) is 0 Å². The van der Waals surface area contributed by atoms with E-state index in [1.54, 1.807) is 0 Å². The summed E-state index contributed by atoms with van der Waals surface area (Å²) in [6, 6.07) is 0. The van der Waals surface area contributed by atoms with Gasteiger partial charge in [-0.2, -0.15) is 22.0 Å². The Morgan fingerprint density at radius 3 is 1.33 bits per heavy atom. The maximum atomic E-state index is 11.1. The summed E-state index contributed by atoms with van der Waals surface area (Å²) in [5.41, 5.74) is 0. The molecule has 6 heteroatoms. The molecule has 0 aromatic rings. The van der Waals surface area contributed by atoms with E-state index in [-0.39, 0.29) is 0 Å². The predicted molar refractivity (Wildman–Crippen MR) is 16.7 cm³/mol. The van der Waals surface area contributed by atoms with E-state index in [4.69, 9.17) is 4.79 Å². The molecule has 0 aromatic carbocycles. The Hall–Kier alpha value is -0.680. The molecule has 9 heavy (non-hydrogen) atoms. The Morgan fingerprint density at radius 1 is 1.00 bits per heavy atom. The van der Waals surface area contributed by atoms with Crippen LogP contribution in [0.2, 0.25) is 0 Å². The molecular formula is C3F5O. The van der Waals surface area contributed by atoms with Crippen molar-refractivity contribution in [3.05, 3.63) is 0 Å². The number of hydrogen-bond donors (Lipinski definition) is 0. The van der Waals surface area contributed by atoms with Crippen LogP contribution in [0.4, 0.5) is 22.0 Å². The average Bonchev–Trinajstić information content (AvgIpc) is 1.64. The first-order valence-corrected chi connectivity index (χ1v) is 1.65.